The Labute approximate surface area is 119 Å². The number of carboxylic acid groups (broad SMARTS) is 2. The second kappa shape index (κ2) is 4.22. The second-order valence-corrected chi connectivity index (χ2v) is 8.00. The zero-order valence-corrected chi connectivity index (χ0v) is 12.2. The predicted molar refractivity (Wildman–Crippen MR) is 73.3 cm³/mol. The zero-order valence-electron chi connectivity index (χ0n) is 12.2. The van der Waals surface area contributed by atoms with Gasteiger partial charge in [0.2, 0.25) is 0 Å². The van der Waals surface area contributed by atoms with Crippen LogP contribution in [0.4, 0.5) is 0 Å². The largest absolute Gasteiger partial charge is 0.481 e. The lowest BCUT2D eigenvalue weighted by molar-refractivity contribution is -0.180. The van der Waals surface area contributed by atoms with E-state index in [1.54, 1.807) is 0 Å². The van der Waals surface area contributed by atoms with Crippen LogP contribution in [0.15, 0.2) is 0 Å². The maximum Gasteiger partial charge on any atom is 0.303 e. The van der Waals surface area contributed by atoms with Gasteiger partial charge in [0.1, 0.15) is 0 Å². The third kappa shape index (κ3) is 2.13. The predicted octanol–water partition coefficient (Wildman–Crippen LogP) is 3.30. The minimum atomic E-state index is -0.719. The van der Waals surface area contributed by atoms with Crippen LogP contribution in [-0.4, -0.2) is 22.2 Å². The van der Waals surface area contributed by atoms with Crippen LogP contribution in [0.25, 0.3) is 0 Å². The molecular weight excluding hydrogens is 256 g/mol. The maximum absolute atomic E-state index is 11.3. The fraction of sp³-hybridized carbons (Fsp3) is 0.875. The Bertz CT molecular complexity index is 423. The van der Waals surface area contributed by atoms with Crippen LogP contribution in [0.2, 0.25) is 0 Å². The fourth-order valence-corrected chi connectivity index (χ4v) is 6.49. The molecule has 2 atom stereocenters. The summed E-state index contributed by atoms with van der Waals surface area (Å²) in [5.41, 5.74) is -0.0439. The van der Waals surface area contributed by atoms with Gasteiger partial charge in [0.15, 0.2) is 0 Å². The van der Waals surface area contributed by atoms with Gasteiger partial charge in [-0.1, -0.05) is 13.3 Å². The molecule has 0 radical (unpaired) electrons. The molecule has 20 heavy (non-hydrogen) atoms. The Balaban J connectivity index is 1.96. The first-order chi connectivity index (χ1) is 9.30. The summed E-state index contributed by atoms with van der Waals surface area (Å²) in [4.78, 5) is 22.6. The van der Waals surface area contributed by atoms with Crippen LogP contribution in [0.1, 0.15) is 64.7 Å². The van der Waals surface area contributed by atoms with Gasteiger partial charge < -0.3 is 10.2 Å². The Morgan fingerprint density at radius 3 is 1.70 bits per heavy atom. The molecule has 4 aliphatic carbocycles. The van der Waals surface area contributed by atoms with Crippen LogP contribution in [0.3, 0.4) is 0 Å². The average molecular weight is 280 g/mol. The molecule has 4 fully saturated rings. The number of hydrogen-bond donors (Lipinski definition) is 2. The summed E-state index contributed by atoms with van der Waals surface area (Å²) in [6, 6.07) is 0. The lowest BCUT2D eigenvalue weighted by Gasteiger charge is -2.66. The quantitative estimate of drug-likeness (QED) is 0.810. The standard InChI is InChI=1S/C16H24O4/c1-2-14-3-11-4-15(8-14,6-12(17)18)10-16(5-11,9-14)7-13(19)20/h11H,2-10H2,1H3,(H,17,18)(H,19,20)/t11?,14?,15-,16-/m0/s1. The lowest BCUT2D eigenvalue weighted by Crippen LogP contribution is -2.57. The lowest BCUT2D eigenvalue weighted by atomic mass is 9.38. The second-order valence-electron chi connectivity index (χ2n) is 8.00. The minimum absolute atomic E-state index is 0.128. The monoisotopic (exact) mass is 280 g/mol. The van der Waals surface area contributed by atoms with Crippen molar-refractivity contribution in [3.8, 4) is 0 Å². The van der Waals surface area contributed by atoms with Gasteiger partial charge in [0, 0.05) is 0 Å². The smallest absolute Gasteiger partial charge is 0.303 e. The molecule has 4 nitrogen and oxygen atoms in total. The van der Waals surface area contributed by atoms with Gasteiger partial charge in [-0.15, -0.1) is 0 Å². The van der Waals surface area contributed by atoms with E-state index in [4.69, 9.17) is 0 Å². The maximum atomic E-state index is 11.3. The van der Waals surface area contributed by atoms with Crippen molar-refractivity contribution in [1.29, 1.82) is 0 Å². The van der Waals surface area contributed by atoms with Crippen LogP contribution in [0.5, 0.6) is 0 Å². The molecule has 4 rings (SSSR count). The molecule has 0 aromatic rings. The molecule has 0 amide bonds. The van der Waals surface area contributed by atoms with E-state index in [0.717, 1.165) is 38.5 Å². The highest BCUT2D eigenvalue weighted by molar-refractivity contribution is 5.69. The van der Waals surface area contributed by atoms with Crippen molar-refractivity contribution >= 4 is 11.9 Å². The molecule has 4 heteroatoms. The van der Waals surface area contributed by atoms with E-state index in [1.807, 2.05) is 0 Å². The van der Waals surface area contributed by atoms with Gasteiger partial charge in [0.05, 0.1) is 12.8 Å². The summed E-state index contributed by atoms with van der Waals surface area (Å²) in [5, 5.41) is 18.6. The summed E-state index contributed by atoms with van der Waals surface area (Å²) in [5.74, 6) is -0.891. The first-order valence-electron chi connectivity index (χ1n) is 7.74. The highest BCUT2D eigenvalue weighted by Crippen LogP contribution is 2.72. The summed E-state index contributed by atoms with van der Waals surface area (Å²) >= 11 is 0. The topological polar surface area (TPSA) is 74.6 Å². The molecule has 4 bridgehead atoms. The summed E-state index contributed by atoms with van der Waals surface area (Å²) in [6.07, 6.45) is 7.53. The fourth-order valence-electron chi connectivity index (χ4n) is 6.49. The highest BCUT2D eigenvalue weighted by Gasteiger charge is 2.63. The number of rotatable bonds is 5. The van der Waals surface area contributed by atoms with Crippen molar-refractivity contribution in [3.05, 3.63) is 0 Å². The van der Waals surface area contributed by atoms with Crippen molar-refractivity contribution in [2.45, 2.75) is 64.7 Å². The van der Waals surface area contributed by atoms with E-state index in [2.05, 4.69) is 6.92 Å². The van der Waals surface area contributed by atoms with E-state index in [0.29, 0.717) is 5.92 Å². The molecule has 0 saturated heterocycles. The molecule has 2 N–H and O–H groups in total. The van der Waals surface area contributed by atoms with Gasteiger partial charge in [-0.05, 0) is 60.7 Å². The molecule has 0 heterocycles. The average Bonchev–Trinajstić information content (AvgIpc) is 2.23. The highest BCUT2D eigenvalue weighted by atomic mass is 16.4. The molecule has 0 unspecified atom stereocenters. The van der Waals surface area contributed by atoms with E-state index >= 15 is 0 Å². The van der Waals surface area contributed by atoms with Crippen LogP contribution < -0.4 is 0 Å². The summed E-state index contributed by atoms with van der Waals surface area (Å²) < 4.78 is 0. The molecule has 4 saturated carbocycles. The van der Waals surface area contributed by atoms with E-state index in [9.17, 15) is 19.8 Å². The first kappa shape index (κ1) is 13.9. The normalized spacial score (nSPS) is 45.5. The van der Waals surface area contributed by atoms with E-state index in [1.165, 1.54) is 6.42 Å². The Hall–Kier alpha value is -1.06. The molecular formula is C16H24O4. The summed E-state index contributed by atoms with van der Waals surface area (Å²) in [7, 11) is 0. The van der Waals surface area contributed by atoms with Crippen molar-refractivity contribution in [2.75, 3.05) is 0 Å². The van der Waals surface area contributed by atoms with Crippen LogP contribution >= 0.6 is 0 Å². The summed E-state index contributed by atoms with van der Waals surface area (Å²) in [6.45, 7) is 2.19. The number of carboxylic acids is 2. The Kier molecular flexibility index (Phi) is 2.93. The molecule has 112 valence electrons. The minimum Gasteiger partial charge on any atom is -0.481 e. The van der Waals surface area contributed by atoms with Crippen LogP contribution in [-0.2, 0) is 9.59 Å². The molecule has 0 aromatic heterocycles. The third-order valence-corrected chi connectivity index (χ3v) is 6.22. The number of aliphatic carboxylic acids is 2. The van der Waals surface area contributed by atoms with Crippen LogP contribution in [0, 0.1) is 22.2 Å². The molecule has 0 aromatic carbocycles. The van der Waals surface area contributed by atoms with Crippen molar-refractivity contribution in [3.63, 3.8) is 0 Å². The van der Waals surface area contributed by atoms with Crippen molar-refractivity contribution in [2.24, 2.45) is 22.2 Å². The molecule has 0 aliphatic heterocycles. The molecule has 4 aliphatic rings. The molecule has 0 spiro atoms. The van der Waals surface area contributed by atoms with Gasteiger partial charge >= 0.3 is 11.9 Å². The third-order valence-electron chi connectivity index (χ3n) is 6.22. The van der Waals surface area contributed by atoms with Gasteiger partial charge in [-0.25, -0.2) is 0 Å². The van der Waals surface area contributed by atoms with Gasteiger partial charge in [-0.3, -0.25) is 9.59 Å². The SMILES string of the molecule is CCC12CC3C[C@](CC(=O)O)(C1)C[C@](CC(=O)O)(C3)C2. The Morgan fingerprint density at radius 2 is 1.30 bits per heavy atom. The van der Waals surface area contributed by atoms with E-state index in [-0.39, 0.29) is 29.1 Å². The van der Waals surface area contributed by atoms with Gasteiger partial charge in [-0.2, -0.15) is 0 Å². The van der Waals surface area contributed by atoms with Crippen molar-refractivity contribution in [1.82, 2.24) is 0 Å². The first-order valence-corrected chi connectivity index (χ1v) is 7.74. The van der Waals surface area contributed by atoms with E-state index < -0.39 is 11.9 Å². The van der Waals surface area contributed by atoms with Gasteiger partial charge in [0.25, 0.3) is 0 Å². The van der Waals surface area contributed by atoms with Crippen molar-refractivity contribution < 1.29 is 19.8 Å². The zero-order chi connectivity index (χ0) is 14.6. The number of hydrogen-bond acceptors (Lipinski definition) is 2. The number of carbonyl (C=O) groups is 2. The Morgan fingerprint density at radius 1 is 0.900 bits per heavy atom.